The lowest BCUT2D eigenvalue weighted by Crippen LogP contribution is -1.84. The van der Waals surface area contributed by atoms with E-state index in [-0.39, 0.29) is 0 Å². The summed E-state index contributed by atoms with van der Waals surface area (Å²) in [5, 5.41) is 6.38. The first-order chi connectivity index (χ1) is 40.5. The molecular formula is C68H48Br4N6S6. The van der Waals surface area contributed by atoms with E-state index >= 15 is 0 Å². The fourth-order valence-electron chi connectivity index (χ4n) is 10.1. The van der Waals surface area contributed by atoms with Crippen LogP contribution in [0.3, 0.4) is 0 Å². The van der Waals surface area contributed by atoms with Gasteiger partial charge in [-0.2, -0.15) is 0 Å². The predicted octanol–water partition coefficient (Wildman–Crippen LogP) is 24.2. The van der Waals surface area contributed by atoms with Gasteiger partial charge in [-0.05, 0) is 132 Å². The molecule has 9 aromatic carbocycles. The second kappa shape index (κ2) is 23.5. The van der Waals surface area contributed by atoms with E-state index in [1.165, 1.54) is 78.3 Å². The summed E-state index contributed by atoms with van der Waals surface area (Å²) >= 11 is 24.6. The topological polar surface area (TPSA) is 77.3 Å². The Kier molecular flexibility index (Phi) is 16.0. The highest BCUT2D eigenvalue weighted by Crippen LogP contribution is 2.46. The average molecular weight is 1460 g/mol. The summed E-state index contributed by atoms with van der Waals surface area (Å²) in [7, 11) is 0. The Labute approximate surface area is 544 Å². The van der Waals surface area contributed by atoms with Crippen molar-refractivity contribution in [1.29, 1.82) is 0 Å². The molecule has 0 N–H and O–H groups in total. The summed E-state index contributed by atoms with van der Waals surface area (Å²) in [5.74, 6) is 0. The zero-order chi connectivity index (χ0) is 58.2. The van der Waals surface area contributed by atoms with Crippen LogP contribution in [0.5, 0.6) is 0 Å². The zero-order valence-electron chi connectivity index (χ0n) is 46.5. The molecule has 6 heterocycles. The molecule has 414 valence electrons. The van der Waals surface area contributed by atoms with Crippen molar-refractivity contribution in [2.75, 3.05) is 0 Å². The molecule has 0 fully saturated rings. The molecule has 0 aliphatic heterocycles. The van der Waals surface area contributed by atoms with Gasteiger partial charge in [-0.1, -0.05) is 172 Å². The summed E-state index contributed by atoms with van der Waals surface area (Å²) in [6.45, 7) is 17.2. The van der Waals surface area contributed by atoms with Crippen molar-refractivity contribution in [3.63, 3.8) is 0 Å². The molecule has 0 saturated carbocycles. The molecule has 0 aliphatic carbocycles. The number of aryl methyl sites for hydroxylation is 8. The van der Waals surface area contributed by atoms with Gasteiger partial charge in [0.1, 0.15) is 30.0 Å². The molecule has 0 unspecified atom stereocenters. The van der Waals surface area contributed by atoms with Gasteiger partial charge in [0.15, 0.2) is 0 Å². The fraction of sp³-hybridized carbons (Fsp3) is 0.118. The molecule has 0 amide bonds. The van der Waals surface area contributed by atoms with Crippen LogP contribution in [0.15, 0.2) is 163 Å². The van der Waals surface area contributed by atoms with Crippen LogP contribution < -0.4 is 0 Å². The zero-order valence-corrected chi connectivity index (χ0v) is 57.7. The van der Waals surface area contributed by atoms with Crippen molar-refractivity contribution in [3.8, 4) is 63.4 Å². The van der Waals surface area contributed by atoms with Crippen LogP contribution in [0.2, 0.25) is 0 Å². The smallest absolute Gasteiger partial charge is 0.124 e. The molecule has 84 heavy (non-hydrogen) atoms. The van der Waals surface area contributed by atoms with Crippen molar-refractivity contribution in [2.24, 2.45) is 0 Å². The second-order valence-electron chi connectivity index (χ2n) is 20.7. The third-order valence-electron chi connectivity index (χ3n) is 14.9. The van der Waals surface area contributed by atoms with E-state index < -0.39 is 0 Å². The maximum absolute atomic E-state index is 5.01. The molecular weight excluding hydrogens is 1410 g/mol. The van der Waals surface area contributed by atoms with Crippen LogP contribution in [0.4, 0.5) is 0 Å². The number of hydrogen-bond donors (Lipinski definition) is 0. The maximum atomic E-state index is 5.01. The standard InChI is InChI=1S/C24H20N2S2.2C22H14Br2N2S2/c1-13-5-9-17(10-6-13)23-25-19-15(3)22-20(16(4)21(19)27-23)26-24(28-22)18-11-7-14(2)8-12-18;1-11-17-20(28-21(25-17)13-3-7-15(23)8-4-13)12(2)18-19(11)27-22(26-18)14-5-9-16(24)10-6-14;1-11-17-19(27-21(25-17)13-3-7-15(23)8-4-13)12(2)20-18(11)26-22(28-20)14-5-9-16(24)10-6-14/h5-12H,1-4H3;2*3-10H,1-2H3. The molecule has 6 nitrogen and oxygen atoms in total. The van der Waals surface area contributed by atoms with Crippen LogP contribution in [0.25, 0.3) is 125 Å². The van der Waals surface area contributed by atoms with Gasteiger partial charge >= 0.3 is 0 Å². The third kappa shape index (κ3) is 11.0. The van der Waals surface area contributed by atoms with Gasteiger partial charge < -0.3 is 0 Å². The molecule has 0 spiro atoms. The van der Waals surface area contributed by atoms with Gasteiger partial charge in [-0.15, -0.1) is 68.0 Å². The Balaban J connectivity index is 0.000000118. The molecule has 16 heteroatoms. The Hall–Kier alpha value is -5.76. The van der Waals surface area contributed by atoms with Crippen LogP contribution in [-0.2, 0) is 0 Å². The molecule has 0 radical (unpaired) electrons. The molecule has 15 rings (SSSR count). The minimum Gasteiger partial charge on any atom is -0.236 e. The van der Waals surface area contributed by atoms with Crippen LogP contribution in [-0.4, -0.2) is 29.9 Å². The van der Waals surface area contributed by atoms with E-state index in [0.717, 1.165) is 109 Å². The highest BCUT2D eigenvalue weighted by molar-refractivity contribution is 9.11. The highest BCUT2D eigenvalue weighted by atomic mass is 79.9. The monoisotopic (exact) mass is 1460 g/mol. The first-order valence-electron chi connectivity index (χ1n) is 26.8. The number of thiazole rings is 6. The number of halogens is 4. The van der Waals surface area contributed by atoms with Crippen LogP contribution in [0.1, 0.15) is 44.5 Å². The molecule has 0 saturated heterocycles. The summed E-state index contributed by atoms with van der Waals surface area (Å²) in [5.41, 5.74) is 23.4. The van der Waals surface area contributed by atoms with Gasteiger partial charge in [-0.25, -0.2) is 29.9 Å². The minimum absolute atomic E-state index is 1.06. The Morgan fingerprint density at radius 2 is 0.381 bits per heavy atom. The number of hydrogen-bond acceptors (Lipinski definition) is 12. The van der Waals surface area contributed by atoms with Gasteiger partial charge in [0.25, 0.3) is 0 Å². The number of benzene rings is 9. The third-order valence-corrected chi connectivity index (χ3v) is 24.4. The van der Waals surface area contributed by atoms with Gasteiger partial charge in [0.05, 0.1) is 61.3 Å². The van der Waals surface area contributed by atoms with E-state index in [1.54, 1.807) is 68.0 Å². The molecule has 6 aromatic heterocycles. The van der Waals surface area contributed by atoms with Crippen molar-refractivity contribution in [3.05, 3.63) is 208 Å². The highest BCUT2D eigenvalue weighted by Gasteiger charge is 2.22. The fourth-order valence-corrected chi connectivity index (χ4v) is 18.0. The Morgan fingerprint density at radius 1 is 0.214 bits per heavy atom. The van der Waals surface area contributed by atoms with Crippen molar-refractivity contribution in [2.45, 2.75) is 55.4 Å². The first-order valence-corrected chi connectivity index (χ1v) is 34.9. The molecule has 0 atom stereocenters. The number of aromatic nitrogens is 6. The Bertz CT molecular complexity index is 4020. The van der Waals surface area contributed by atoms with E-state index in [9.17, 15) is 0 Å². The Morgan fingerprint density at radius 3 is 0.583 bits per heavy atom. The predicted molar refractivity (Wildman–Crippen MR) is 380 cm³/mol. The number of rotatable bonds is 6. The van der Waals surface area contributed by atoms with E-state index in [4.69, 9.17) is 29.9 Å². The van der Waals surface area contributed by atoms with Gasteiger partial charge in [0, 0.05) is 56.8 Å². The summed E-state index contributed by atoms with van der Waals surface area (Å²) in [6, 6.07) is 50.6. The maximum Gasteiger partial charge on any atom is 0.124 e. The number of fused-ring (bicyclic) bond motifs is 6. The minimum atomic E-state index is 1.06. The van der Waals surface area contributed by atoms with Crippen molar-refractivity contribution < 1.29 is 0 Å². The second-order valence-corrected chi connectivity index (χ2v) is 30.3. The summed E-state index contributed by atoms with van der Waals surface area (Å²) in [4.78, 5) is 30.0. The lowest BCUT2D eigenvalue weighted by molar-refractivity contribution is 1.39. The SMILES string of the molecule is Cc1c2nc(-c3ccc(Br)cc3)sc2c(C)c2nc(-c3ccc(Br)cc3)sc12.Cc1c2nc(-c3ccc(Br)cc3)sc2c(C)c2sc(-c3ccc(Br)cc3)nc12.Cc1ccc(-c2nc3c(C)c4sc(-c5ccc(C)cc5)nc4c(C)c3s2)cc1. The van der Waals surface area contributed by atoms with Crippen LogP contribution in [0, 0.1) is 55.4 Å². The van der Waals surface area contributed by atoms with E-state index in [2.05, 4.69) is 265 Å². The lowest BCUT2D eigenvalue weighted by Gasteiger charge is -2.00. The van der Waals surface area contributed by atoms with Gasteiger partial charge in [0.2, 0.25) is 0 Å². The molecule has 15 aromatic rings. The number of nitrogens with zero attached hydrogens (tertiary/aromatic N) is 6. The van der Waals surface area contributed by atoms with Crippen molar-refractivity contribution >= 4 is 193 Å². The summed E-state index contributed by atoms with van der Waals surface area (Å²) in [6.07, 6.45) is 0. The van der Waals surface area contributed by atoms with Gasteiger partial charge in [-0.3, -0.25) is 0 Å². The van der Waals surface area contributed by atoms with E-state index in [1.807, 2.05) is 0 Å². The summed E-state index contributed by atoms with van der Waals surface area (Å²) < 4.78 is 11.8. The average Bonchev–Trinajstić information content (AvgIpc) is 3.59. The van der Waals surface area contributed by atoms with Crippen LogP contribution >= 0.6 is 132 Å². The largest absolute Gasteiger partial charge is 0.236 e. The molecule has 0 bridgehead atoms. The normalized spacial score (nSPS) is 11.6. The van der Waals surface area contributed by atoms with E-state index in [0.29, 0.717) is 0 Å². The quantitative estimate of drug-likeness (QED) is 0.165. The first kappa shape index (κ1) is 57.3. The lowest BCUT2D eigenvalue weighted by atomic mass is 10.1. The molecule has 0 aliphatic rings. The van der Waals surface area contributed by atoms with Crippen molar-refractivity contribution in [1.82, 2.24) is 29.9 Å².